The van der Waals surface area contributed by atoms with E-state index in [1.54, 1.807) is 0 Å². The Bertz CT molecular complexity index is 826. The van der Waals surface area contributed by atoms with Crippen molar-refractivity contribution in [1.82, 2.24) is 0 Å². The number of hydrogen-bond acceptors (Lipinski definition) is 10. The molecule has 27 heavy (non-hydrogen) atoms. The molecule has 0 unspecified atom stereocenters. The van der Waals surface area contributed by atoms with Crippen LogP contribution in [0, 0.1) is 20.2 Å². The maximum atomic E-state index is 10.3. The van der Waals surface area contributed by atoms with Crippen LogP contribution in [0.25, 0.3) is 0 Å². The third-order valence-electron chi connectivity index (χ3n) is 2.82. The van der Waals surface area contributed by atoms with E-state index in [2.05, 4.69) is 0 Å². The van der Waals surface area contributed by atoms with Crippen LogP contribution in [0.2, 0.25) is 0 Å². The fourth-order valence-electron chi connectivity index (χ4n) is 1.60. The van der Waals surface area contributed by atoms with Crippen LogP contribution in [0.3, 0.4) is 0 Å². The fourth-order valence-corrected chi connectivity index (χ4v) is 1.60. The van der Waals surface area contributed by atoms with Crippen LogP contribution < -0.4 is 10.2 Å². The van der Waals surface area contributed by atoms with Gasteiger partial charge in [0.1, 0.15) is 11.5 Å². The standard InChI is InChI=1S/2C7H5NO5.Fe/c2*9-6-2-1-4(8(12)13)3-5(6)7(10)11;/h2*1-3,9H,(H,10,11);/q;;+2/p-2. The van der Waals surface area contributed by atoms with E-state index >= 15 is 0 Å². The molecule has 0 radical (unpaired) electrons. The van der Waals surface area contributed by atoms with E-state index < -0.39 is 55.8 Å². The predicted octanol–water partition coefficient (Wildman–Crippen LogP) is -0.675. The van der Waals surface area contributed by atoms with Gasteiger partial charge in [0.2, 0.25) is 0 Å². The van der Waals surface area contributed by atoms with Crippen molar-refractivity contribution in [2.75, 3.05) is 0 Å². The average Bonchev–Trinajstić information content (AvgIpc) is 2.55. The van der Waals surface area contributed by atoms with E-state index in [1.165, 1.54) is 0 Å². The molecule has 0 heterocycles. The van der Waals surface area contributed by atoms with Crippen molar-refractivity contribution in [2.45, 2.75) is 0 Å². The summed E-state index contributed by atoms with van der Waals surface area (Å²) >= 11 is 0. The maximum absolute atomic E-state index is 10.3. The van der Waals surface area contributed by atoms with Gasteiger partial charge < -0.3 is 30.0 Å². The number of aromatic hydroxyl groups is 2. The van der Waals surface area contributed by atoms with Crippen molar-refractivity contribution in [3.05, 3.63) is 67.8 Å². The maximum Gasteiger partial charge on any atom is 2.00 e. The van der Waals surface area contributed by atoms with E-state index in [0.717, 1.165) is 36.4 Å². The van der Waals surface area contributed by atoms with Crippen molar-refractivity contribution >= 4 is 23.3 Å². The topological polar surface area (TPSA) is 207 Å². The van der Waals surface area contributed by atoms with Crippen LogP contribution >= 0.6 is 0 Å². The number of carbonyl (C=O) groups excluding carboxylic acids is 2. The minimum Gasteiger partial charge on any atom is -0.545 e. The number of carboxylic acids is 2. The van der Waals surface area contributed by atoms with Crippen molar-refractivity contribution in [2.24, 2.45) is 0 Å². The van der Waals surface area contributed by atoms with Crippen LogP contribution in [0.4, 0.5) is 11.4 Å². The molecule has 0 aliphatic rings. The summed E-state index contributed by atoms with van der Waals surface area (Å²) in [6.07, 6.45) is 0. The van der Waals surface area contributed by atoms with Crippen LogP contribution in [0.1, 0.15) is 20.7 Å². The van der Waals surface area contributed by atoms with Crippen molar-refractivity contribution < 1.29 is 56.9 Å². The first kappa shape index (κ1) is 23.3. The van der Waals surface area contributed by atoms with Crippen LogP contribution in [0.5, 0.6) is 11.5 Å². The molecule has 0 spiro atoms. The third kappa shape index (κ3) is 6.26. The Hall–Kier alpha value is -3.70. The number of hydrogen-bond donors (Lipinski definition) is 2. The van der Waals surface area contributed by atoms with E-state index in [0.29, 0.717) is 0 Å². The number of nitro groups is 2. The van der Waals surface area contributed by atoms with Crippen molar-refractivity contribution in [1.29, 1.82) is 0 Å². The predicted molar refractivity (Wildman–Crippen MR) is 78.2 cm³/mol. The second kappa shape index (κ2) is 9.70. The van der Waals surface area contributed by atoms with Crippen molar-refractivity contribution in [3.63, 3.8) is 0 Å². The van der Waals surface area contributed by atoms with Gasteiger partial charge in [-0.15, -0.1) is 0 Å². The summed E-state index contributed by atoms with van der Waals surface area (Å²) in [5.74, 6) is -4.40. The van der Waals surface area contributed by atoms with Crippen LogP contribution in [-0.4, -0.2) is 32.0 Å². The van der Waals surface area contributed by atoms with Gasteiger partial charge in [-0.3, -0.25) is 20.2 Å². The Labute approximate surface area is 160 Å². The Morgan fingerprint density at radius 3 is 1.26 bits per heavy atom. The van der Waals surface area contributed by atoms with Gasteiger partial charge in [0, 0.05) is 35.4 Å². The first-order chi connectivity index (χ1) is 12.0. The molecule has 0 aliphatic carbocycles. The Kier molecular flexibility index (Phi) is 8.37. The molecule has 2 aromatic rings. The van der Waals surface area contributed by atoms with Crippen LogP contribution in [0.15, 0.2) is 36.4 Å². The van der Waals surface area contributed by atoms with Gasteiger partial charge in [0.25, 0.3) is 11.4 Å². The quantitative estimate of drug-likeness (QED) is 0.362. The number of non-ortho nitro benzene ring substituents is 2. The molecule has 0 saturated heterocycles. The first-order valence-electron chi connectivity index (χ1n) is 6.42. The molecule has 0 saturated carbocycles. The number of carboxylic acid groups (broad SMARTS) is 2. The number of benzene rings is 2. The summed E-state index contributed by atoms with van der Waals surface area (Å²) in [5, 5.41) is 58.9. The zero-order valence-corrected chi connectivity index (χ0v) is 14.0. The molecule has 0 bridgehead atoms. The minimum atomic E-state index is -1.65. The molecule has 2 rings (SSSR count). The molecule has 2 aromatic carbocycles. The number of phenols is 2. The normalized spacial score (nSPS) is 9.19. The van der Waals surface area contributed by atoms with Gasteiger partial charge >= 0.3 is 17.1 Å². The van der Waals surface area contributed by atoms with Gasteiger partial charge in [-0.25, -0.2) is 0 Å². The third-order valence-corrected chi connectivity index (χ3v) is 2.82. The van der Waals surface area contributed by atoms with E-state index in [-0.39, 0.29) is 17.1 Å². The number of aromatic carboxylic acids is 2. The molecule has 2 N–H and O–H groups in total. The average molecular weight is 420 g/mol. The molecule has 142 valence electrons. The van der Waals surface area contributed by atoms with Gasteiger partial charge in [-0.1, -0.05) is 0 Å². The summed E-state index contributed by atoms with van der Waals surface area (Å²) in [6.45, 7) is 0. The Morgan fingerprint density at radius 2 is 1.04 bits per heavy atom. The summed E-state index contributed by atoms with van der Waals surface area (Å²) in [6, 6.07) is 5.35. The fraction of sp³-hybridized carbons (Fsp3) is 0. The summed E-state index contributed by atoms with van der Waals surface area (Å²) in [5.41, 5.74) is -1.99. The van der Waals surface area contributed by atoms with Gasteiger partial charge in [0.15, 0.2) is 0 Å². The second-order valence-electron chi connectivity index (χ2n) is 4.49. The summed E-state index contributed by atoms with van der Waals surface area (Å²) < 4.78 is 0. The Balaban J connectivity index is 0.000000483. The molecule has 0 aliphatic heterocycles. The number of carbonyl (C=O) groups is 2. The second-order valence-corrected chi connectivity index (χ2v) is 4.49. The minimum absolute atomic E-state index is 0. The number of nitrogens with zero attached hydrogens (tertiary/aromatic N) is 2. The number of nitro benzene ring substituents is 2. The summed E-state index contributed by atoms with van der Waals surface area (Å²) in [4.78, 5) is 39.5. The molecular formula is C14H8FeN2O10. The molecule has 13 heteroatoms. The van der Waals surface area contributed by atoms with E-state index in [4.69, 9.17) is 10.2 Å². The van der Waals surface area contributed by atoms with E-state index in [1.807, 2.05) is 0 Å². The van der Waals surface area contributed by atoms with Gasteiger partial charge in [-0.2, -0.15) is 0 Å². The molecule has 0 aromatic heterocycles. The molecule has 0 fully saturated rings. The molecular weight excluding hydrogens is 412 g/mol. The van der Waals surface area contributed by atoms with E-state index in [9.17, 15) is 40.0 Å². The Morgan fingerprint density at radius 1 is 0.741 bits per heavy atom. The summed E-state index contributed by atoms with van der Waals surface area (Å²) in [7, 11) is 0. The zero-order chi connectivity index (χ0) is 20.0. The molecule has 0 amide bonds. The van der Waals surface area contributed by atoms with Gasteiger partial charge in [-0.05, 0) is 12.1 Å². The monoisotopic (exact) mass is 420 g/mol. The smallest absolute Gasteiger partial charge is 0.545 e. The first-order valence-corrected chi connectivity index (χ1v) is 6.42. The van der Waals surface area contributed by atoms with Gasteiger partial charge in [0.05, 0.1) is 21.8 Å². The largest absolute Gasteiger partial charge is 2.00 e. The SMILES string of the molecule is O=C([O-])c1cc([N+](=O)[O-])ccc1O.O=C([O-])c1cc([N+](=O)[O-])ccc1O.[Fe+2]. The molecule has 12 nitrogen and oxygen atoms in total. The zero-order valence-electron chi connectivity index (χ0n) is 12.9. The van der Waals surface area contributed by atoms with Crippen LogP contribution in [-0.2, 0) is 17.1 Å². The van der Waals surface area contributed by atoms with Crippen molar-refractivity contribution in [3.8, 4) is 11.5 Å². The molecule has 0 atom stereocenters. The number of rotatable bonds is 4.